The molecule has 0 saturated carbocycles. The standard InChI is InChI=1S/C20H18NO/c1-14-11-17(16-8-4-3-5-9-16)12-18-19-10-6-7-15(2)21(19)13-22-20(14)18/h3-12H,13H2,1-2H3/q+1. The fourth-order valence-electron chi connectivity index (χ4n) is 3.14. The van der Waals surface area contributed by atoms with Gasteiger partial charge in [-0.25, -0.2) is 0 Å². The fraction of sp³-hybridized carbons (Fsp3) is 0.150. The van der Waals surface area contributed by atoms with Gasteiger partial charge < -0.3 is 4.74 Å². The zero-order valence-corrected chi connectivity index (χ0v) is 12.8. The minimum absolute atomic E-state index is 0.584. The number of benzene rings is 2. The first-order valence-corrected chi connectivity index (χ1v) is 7.57. The van der Waals surface area contributed by atoms with Crippen LogP contribution >= 0.6 is 0 Å². The molecule has 0 aliphatic carbocycles. The van der Waals surface area contributed by atoms with Gasteiger partial charge in [-0.1, -0.05) is 30.3 Å². The molecular formula is C20H18NO+. The number of ether oxygens (including phenoxy) is 1. The molecular weight excluding hydrogens is 270 g/mol. The summed E-state index contributed by atoms with van der Waals surface area (Å²) in [5.74, 6) is 1.00. The lowest BCUT2D eigenvalue weighted by Gasteiger charge is -2.20. The largest absolute Gasteiger partial charge is 0.435 e. The highest BCUT2D eigenvalue weighted by molar-refractivity contribution is 5.77. The minimum atomic E-state index is 0.584. The van der Waals surface area contributed by atoms with Crippen molar-refractivity contribution in [3.8, 4) is 28.1 Å². The molecule has 1 aliphatic rings. The molecule has 2 aromatic carbocycles. The first kappa shape index (κ1) is 13.1. The number of hydrogen-bond acceptors (Lipinski definition) is 1. The van der Waals surface area contributed by atoms with E-state index in [2.05, 4.69) is 73.0 Å². The molecule has 0 atom stereocenters. The second kappa shape index (κ2) is 4.99. The highest BCUT2D eigenvalue weighted by Gasteiger charge is 2.27. The molecule has 0 fully saturated rings. The van der Waals surface area contributed by atoms with Crippen molar-refractivity contribution >= 4 is 0 Å². The number of aromatic nitrogens is 1. The Labute approximate surface area is 130 Å². The highest BCUT2D eigenvalue weighted by atomic mass is 16.5. The number of nitrogens with zero attached hydrogens (tertiary/aromatic N) is 1. The summed E-state index contributed by atoms with van der Waals surface area (Å²) in [5.41, 5.74) is 7.26. The van der Waals surface area contributed by atoms with Gasteiger partial charge in [0.1, 0.15) is 5.75 Å². The average molecular weight is 288 g/mol. The van der Waals surface area contributed by atoms with Gasteiger partial charge in [-0.05, 0) is 41.8 Å². The van der Waals surface area contributed by atoms with E-state index in [4.69, 9.17) is 4.74 Å². The molecule has 0 N–H and O–H groups in total. The first-order valence-electron chi connectivity index (χ1n) is 7.57. The Morgan fingerprint density at radius 2 is 1.68 bits per heavy atom. The molecule has 1 aromatic heterocycles. The van der Waals surface area contributed by atoms with E-state index in [9.17, 15) is 0 Å². The summed E-state index contributed by atoms with van der Waals surface area (Å²) in [7, 11) is 0. The summed E-state index contributed by atoms with van der Waals surface area (Å²) in [4.78, 5) is 0. The Morgan fingerprint density at radius 1 is 0.864 bits per heavy atom. The zero-order valence-electron chi connectivity index (χ0n) is 12.8. The summed E-state index contributed by atoms with van der Waals surface area (Å²) in [6.07, 6.45) is 0. The van der Waals surface area contributed by atoms with Crippen molar-refractivity contribution in [1.82, 2.24) is 0 Å². The molecule has 2 heterocycles. The van der Waals surface area contributed by atoms with Crippen molar-refractivity contribution in [3.63, 3.8) is 0 Å². The van der Waals surface area contributed by atoms with Gasteiger partial charge in [-0.15, -0.1) is 0 Å². The van der Waals surface area contributed by atoms with E-state index in [-0.39, 0.29) is 0 Å². The molecule has 2 heteroatoms. The van der Waals surface area contributed by atoms with Gasteiger partial charge in [0.25, 0.3) is 6.73 Å². The highest BCUT2D eigenvalue weighted by Crippen LogP contribution is 2.38. The van der Waals surface area contributed by atoms with Crippen molar-refractivity contribution < 1.29 is 9.30 Å². The molecule has 0 amide bonds. The van der Waals surface area contributed by atoms with Crippen LogP contribution in [-0.4, -0.2) is 0 Å². The van der Waals surface area contributed by atoms with E-state index >= 15 is 0 Å². The van der Waals surface area contributed by atoms with Crippen LogP contribution < -0.4 is 9.30 Å². The van der Waals surface area contributed by atoms with Crippen LogP contribution in [0.3, 0.4) is 0 Å². The molecule has 0 radical (unpaired) electrons. The van der Waals surface area contributed by atoms with E-state index in [1.165, 1.54) is 33.6 Å². The maximum atomic E-state index is 6.02. The van der Waals surface area contributed by atoms with Crippen molar-refractivity contribution in [1.29, 1.82) is 0 Å². The lowest BCUT2D eigenvalue weighted by Crippen LogP contribution is -2.44. The first-order chi connectivity index (χ1) is 10.7. The lowest BCUT2D eigenvalue weighted by atomic mass is 9.96. The van der Waals surface area contributed by atoms with Crippen molar-refractivity contribution in [2.24, 2.45) is 0 Å². The average Bonchev–Trinajstić information content (AvgIpc) is 2.56. The van der Waals surface area contributed by atoms with Gasteiger partial charge in [0, 0.05) is 19.1 Å². The van der Waals surface area contributed by atoms with Crippen LogP contribution in [0.4, 0.5) is 0 Å². The van der Waals surface area contributed by atoms with Crippen LogP contribution in [0.1, 0.15) is 11.3 Å². The molecule has 0 unspecified atom stereocenters. The van der Waals surface area contributed by atoms with E-state index < -0.39 is 0 Å². The predicted molar refractivity (Wildman–Crippen MR) is 87.6 cm³/mol. The van der Waals surface area contributed by atoms with E-state index in [0.29, 0.717) is 6.73 Å². The van der Waals surface area contributed by atoms with Gasteiger partial charge in [-0.3, -0.25) is 0 Å². The second-order valence-corrected chi connectivity index (χ2v) is 5.79. The zero-order chi connectivity index (χ0) is 15.1. The monoisotopic (exact) mass is 288 g/mol. The molecule has 1 aliphatic heterocycles. The summed E-state index contributed by atoms with van der Waals surface area (Å²) >= 11 is 0. The second-order valence-electron chi connectivity index (χ2n) is 5.79. The third kappa shape index (κ3) is 2.00. The van der Waals surface area contributed by atoms with Gasteiger partial charge in [0.15, 0.2) is 5.69 Å². The third-order valence-electron chi connectivity index (χ3n) is 4.30. The molecule has 0 saturated heterocycles. The van der Waals surface area contributed by atoms with Crippen LogP contribution in [0.15, 0.2) is 60.7 Å². The molecule has 0 bridgehead atoms. The van der Waals surface area contributed by atoms with Crippen LogP contribution in [-0.2, 0) is 6.73 Å². The van der Waals surface area contributed by atoms with Gasteiger partial charge in [-0.2, -0.15) is 4.57 Å². The summed E-state index contributed by atoms with van der Waals surface area (Å²) in [6, 6.07) is 21.3. The van der Waals surface area contributed by atoms with Crippen molar-refractivity contribution in [2.45, 2.75) is 20.6 Å². The third-order valence-corrected chi connectivity index (χ3v) is 4.30. The smallest absolute Gasteiger partial charge is 0.292 e. The molecule has 0 spiro atoms. The Balaban J connectivity index is 1.96. The van der Waals surface area contributed by atoms with Crippen LogP contribution in [0.5, 0.6) is 5.75 Å². The maximum absolute atomic E-state index is 6.02. The van der Waals surface area contributed by atoms with Gasteiger partial charge in [0.2, 0.25) is 5.69 Å². The summed E-state index contributed by atoms with van der Waals surface area (Å²) in [6.45, 7) is 4.82. The van der Waals surface area contributed by atoms with Crippen LogP contribution in [0.25, 0.3) is 22.4 Å². The van der Waals surface area contributed by atoms with E-state index in [1.807, 2.05) is 6.07 Å². The normalized spacial score (nSPS) is 12.3. The predicted octanol–water partition coefficient (Wildman–Crippen LogP) is 4.27. The number of fused-ring (bicyclic) bond motifs is 3. The lowest BCUT2D eigenvalue weighted by molar-refractivity contribution is -0.722. The Kier molecular flexibility index (Phi) is 2.97. The number of rotatable bonds is 1. The summed E-state index contributed by atoms with van der Waals surface area (Å²) in [5, 5.41) is 0. The van der Waals surface area contributed by atoms with Crippen LogP contribution in [0.2, 0.25) is 0 Å². The summed E-state index contributed by atoms with van der Waals surface area (Å²) < 4.78 is 8.23. The minimum Gasteiger partial charge on any atom is -0.435 e. The number of pyridine rings is 1. The Bertz CT molecular complexity index is 853. The molecule has 4 rings (SSSR count). The molecule has 108 valence electrons. The molecule has 2 nitrogen and oxygen atoms in total. The van der Waals surface area contributed by atoms with E-state index in [1.54, 1.807) is 0 Å². The molecule has 22 heavy (non-hydrogen) atoms. The molecule has 3 aromatic rings. The van der Waals surface area contributed by atoms with Gasteiger partial charge >= 0.3 is 0 Å². The maximum Gasteiger partial charge on any atom is 0.292 e. The van der Waals surface area contributed by atoms with Crippen molar-refractivity contribution in [2.75, 3.05) is 0 Å². The number of aryl methyl sites for hydroxylation is 2. The Hall–Kier alpha value is -2.61. The van der Waals surface area contributed by atoms with Crippen molar-refractivity contribution in [3.05, 3.63) is 71.9 Å². The topological polar surface area (TPSA) is 13.1 Å². The number of hydrogen-bond donors (Lipinski definition) is 0. The fourth-order valence-corrected chi connectivity index (χ4v) is 3.14. The van der Waals surface area contributed by atoms with Crippen LogP contribution in [0, 0.1) is 13.8 Å². The SMILES string of the molecule is Cc1cc(-c2ccccc2)cc2c1OC[n+]1c(C)cccc1-2. The van der Waals surface area contributed by atoms with Gasteiger partial charge in [0.05, 0.1) is 5.56 Å². The van der Waals surface area contributed by atoms with E-state index in [0.717, 1.165) is 5.75 Å². The Morgan fingerprint density at radius 3 is 2.50 bits per heavy atom. The quantitative estimate of drug-likeness (QED) is 0.609.